The first-order valence-electron chi connectivity index (χ1n) is 10.2. The molecule has 0 atom stereocenters. The van der Waals surface area contributed by atoms with Crippen molar-refractivity contribution >= 4 is 33.7 Å². The van der Waals surface area contributed by atoms with Crippen LogP contribution in [0.5, 0.6) is 5.75 Å². The van der Waals surface area contributed by atoms with Crippen molar-refractivity contribution in [3.05, 3.63) is 65.7 Å². The van der Waals surface area contributed by atoms with E-state index in [1.807, 2.05) is 0 Å². The number of esters is 2. The van der Waals surface area contributed by atoms with E-state index in [-0.39, 0.29) is 6.54 Å². The van der Waals surface area contributed by atoms with E-state index in [2.05, 4.69) is 4.74 Å². The predicted octanol–water partition coefficient (Wildman–Crippen LogP) is 3.56. The molecule has 8 nitrogen and oxygen atoms in total. The molecule has 2 aromatic rings. The molecule has 0 saturated carbocycles. The third kappa shape index (κ3) is 7.94. The molecule has 178 valence electrons. The Bertz CT molecular complexity index is 1100. The Morgan fingerprint density at radius 1 is 1.00 bits per heavy atom. The molecule has 0 aliphatic rings. The summed E-state index contributed by atoms with van der Waals surface area (Å²) in [6, 6.07) is 13.6. The number of hydrogen-bond donors (Lipinski definition) is 0. The fourth-order valence-corrected chi connectivity index (χ4v) is 4.25. The third-order valence-electron chi connectivity index (χ3n) is 4.36. The molecular formula is C24H29NO7S. The molecule has 0 aliphatic heterocycles. The fraction of sp³-hybridized carbons (Fsp3) is 0.333. The number of benzene rings is 2. The normalized spacial score (nSPS) is 11.8. The molecule has 0 heterocycles. The minimum Gasteiger partial charge on any atom is -0.497 e. The number of anilines is 1. The van der Waals surface area contributed by atoms with Crippen LogP contribution in [0.1, 0.15) is 31.9 Å². The van der Waals surface area contributed by atoms with E-state index in [0.29, 0.717) is 22.6 Å². The van der Waals surface area contributed by atoms with Crippen LogP contribution in [0.3, 0.4) is 0 Å². The lowest BCUT2D eigenvalue weighted by Crippen LogP contribution is -2.36. The van der Waals surface area contributed by atoms with Crippen LogP contribution < -0.4 is 9.04 Å². The van der Waals surface area contributed by atoms with Gasteiger partial charge in [-0.3, -0.25) is 9.10 Å². The number of hydrogen-bond acceptors (Lipinski definition) is 7. The molecule has 0 unspecified atom stereocenters. The van der Waals surface area contributed by atoms with E-state index >= 15 is 0 Å². The Morgan fingerprint density at radius 3 is 2.21 bits per heavy atom. The molecule has 0 bridgehead atoms. The van der Waals surface area contributed by atoms with E-state index in [4.69, 9.17) is 9.47 Å². The number of rotatable bonds is 9. The molecule has 0 N–H and O–H groups in total. The third-order valence-corrected chi connectivity index (χ3v) is 5.96. The van der Waals surface area contributed by atoms with Gasteiger partial charge in [-0.25, -0.2) is 13.2 Å². The zero-order valence-electron chi connectivity index (χ0n) is 19.4. The van der Waals surface area contributed by atoms with Crippen molar-refractivity contribution in [2.45, 2.75) is 32.9 Å². The van der Waals surface area contributed by atoms with Crippen LogP contribution in [0.2, 0.25) is 0 Å². The smallest absolute Gasteiger partial charge is 0.331 e. The first-order chi connectivity index (χ1) is 15.4. The second-order valence-electron chi connectivity index (χ2n) is 8.11. The summed E-state index contributed by atoms with van der Waals surface area (Å²) < 4.78 is 42.5. The van der Waals surface area contributed by atoms with Gasteiger partial charge in [-0.05, 0) is 56.2 Å². The van der Waals surface area contributed by atoms with Gasteiger partial charge in [-0.2, -0.15) is 0 Å². The Balaban J connectivity index is 2.48. The van der Waals surface area contributed by atoms with E-state index in [1.54, 1.807) is 69.3 Å². The molecule has 0 radical (unpaired) electrons. The van der Waals surface area contributed by atoms with Crippen molar-refractivity contribution in [3.8, 4) is 5.75 Å². The zero-order chi connectivity index (χ0) is 24.6. The van der Waals surface area contributed by atoms with Gasteiger partial charge in [0.1, 0.15) is 11.4 Å². The maximum absolute atomic E-state index is 13.2. The molecule has 0 fully saturated rings. The van der Waals surface area contributed by atoms with Crippen LogP contribution in [-0.2, 0) is 35.6 Å². The van der Waals surface area contributed by atoms with Gasteiger partial charge in [0.2, 0.25) is 10.0 Å². The van der Waals surface area contributed by atoms with Crippen molar-refractivity contribution in [1.82, 2.24) is 0 Å². The lowest BCUT2D eigenvalue weighted by Gasteiger charge is -2.26. The highest BCUT2D eigenvalue weighted by molar-refractivity contribution is 7.93. The summed E-state index contributed by atoms with van der Waals surface area (Å²) in [6.45, 7) is 5.22. The molecule has 0 spiro atoms. The average molecular weight is 476 g/mol. The SMILES string of the molecule is COC(=O)CS(=O)(=O)N(Cc1ccc(OC)cc1)c1ccccc1/C=C/C(=O)OC(C)(C)C. The minimum absolute atomic E-state index is 0.0411. The molecule has 33 heavy (non-hydrogen) atoms. The summed E-state index contributed by atoms with van der Waals surface area (Å²) in [6.07, 6.45) is 2.72. The van der Waals surface area contributed by atoms with E-state index < -0.39 is 33.3 Å². The standard InChI is InChI=1S/C24H29NO7S/c1-24(2,3)32-22(26)15-12-19-8-6-7-9-21(19)25(33(28,29)17-23(27)31-5)16-18-10-13-20(30-4)14-11-18/h6-15H,16-17H2,1-5H3/b15-12+. The second kappa shape index (κ2) is 11.0. The van der Waals surface area contributed by atoms with Crippen LogP contribution in [-0.4, -0.2) is 45.9 Å². The second-order valence-corrected chi connectivity index (χ2v) is 10.0. The van der Waals surface area contributed by atoms with Crippen LogP contribution in [0.4, 0.5) is 5.69 Å². The lowest BCUT2D eigenvalue weighted by atomic mass is 10.1. The number of carbonyl (C=O) groups excluding carboxylic acids is 2. The monoisotopic (exact) mass is 475 g/mol. The predicted molar refractivity (Wildman–Crippen MR) is 126 cm³/mol. The maximum Gasteiger partial charge on any atom is 0.331 e. The van der Waals surface area contributed by atoms with Crippen LogP contribution in [0, 0.1) is 0 Å². The van der Waals surface area contributed by atoms with Gasteiger partial charge in [-0.15, -0.1) is 0 Å². The van der Waals surface area contributed by atoms with Crippen molar-refractivity contribution in [3.63, 3.8) is 0 Å². The largest absolute Gasteiger partial charge is 0.497 e. The van der Waals surface area contributed by atoms with Crippen molar-refractivity contribution in [1.29, 1.82) is 0 Å². The van der Waals surface area contributed by atoms with Gasteiger partial charge < -0.3 is 14.2 Å². The molecule has 0 saturated heterocycles. The van der Waals surface area contributed by atoms with E-state index in [0.717, 1.165) is 11.4 Å². The summed E-state index contributed by atoms with van der Waals surface area (Å²) in [4.78, 5) is 23.9. The van der Waals surface area contributed by atoms with Crippen molar-refractivity contribution < 1.29 is 32.2 Å². The summed E-state index contributed by atoms with van der Waals surface area (Å²) in [7, 11) is -1.45. The molecule has 0 amide bonds. The summed E-state index contributed by atoms with van der Waals surface area (Å²) in [5, 5.41) is 0. The molecule has 0 aromatic heterocycles. The highest BCUT2D eigenvalue weighted by Gasteiger charge is 2.28. The summed E-state index contributed by atoms with van der Waals surface area (Å²) in [5.74, 6) is -1.64. The Kier molecular flexibility index (Phi) is 8.64. The highest BCUT2D eigenvalue weighted by atomic mass is 32.2. The van der Waals surface area contributed by atoms with Gasteiger partial charge >= 0.3 is 11.9 Å². The number of ether oxygens (including phenoxy) is 3. The number of methoxy groups -OCH3 is 2. The first kappa shape index (κ1) is 25.9. The number of carbonyl (C=O) groups is 2. The number of sulfonamides is 1. The number of nitrogens with zero attached hydrogens (tertiary/aromatic N) is 1. The first-order valence-corrected chi connectivity index (χ1v) is 11.8. The van der Waals surface area contributed by atoms with Crippen LogP contribution in [0.15, 0.2) is 54.6 Å². The van der Waals surface area contributed by atoms with Gasteiger partial charge in [0.15, 0.2) is 5.75 Å². The van der Waals surface area contributed by atoms with E-state index in [9.17, 15) is 18.0 Å². The Labute approximate surface area is 194 Å². The highest BCUT2D eigenvalue weighted by Crippen LogP contribution is 2.28. The van der Waals surface area contributed by atoms with Gasteiger partial charge in [-0.1, -0.05) is 30.3 Å². The summed E-state index contributed by atoms with van der Waals surface area (Å²) in [5.41, 5.74) is 0.781. The molecule has 2 rings (SSSR count). The van der Waals surface area contributed by atoms with Crippen LogP contribution >= 0.6 is 0 Å². The van der Waals surface area contributed by atoms with E-state index in [1.165, 1.54) is 19.3 Å². The van der Waals surface area contributed by atoms with Gasteiger partial charge in [0.05, 0.1) is 26.5 Å². The Morgan fingerprint density at radius 2 is 1.64 bits per heavy atom. The minimum atomic E-state index is -4.11. The molecular weight excluding hydrogens is 446 g/mol. The molecule has 0 aliphatic carbocycles. The van der Waals surface area contributed by atoms with Crippen LogP contribution in [0.25, 0.3) is 6.08 Å². The quantitative estimate of drug-likeness (QED) is 0.404. The van der Waals surface area contributed by atoms with Crippen molar-refractivity contribution in [2.24, 2.45) is 0 Å². The topological polar surface area (TPSA) is 99.2 Å². The van der Waals surface area contributed by atoms with Crippen molar-refractivity contribution in [2.75, 3.05) is 24.3 Å². The lowest BCUT2D eigenvalue weighted by molar-refractivity contribution is -0.148. The summed E-state index contributed by atoms with van der Waals surface area (Å²) >= 11 is 0. The molecule has 2 aromatic carbocycles. The van der Waals surface area contributed by atoms with Gasteiger partial charge in [0.25, 0.3) is 0 Å². The number of para-hydroxylation sites is 1. The zero-order valence-corrected chi connectivity index (χ0v) is 20.2. The fourth-order valence-electron chi connectivity index (χ4n) is 2.87. The Hall–Kier alpha value is -3.33. The molecule has 9 heteroatoms. The maximum atomic E-state index is 13.2. The van der Waals surface area contributed by atoms with Gasteiger partial charge in [0, 0.05) is 6.08 Å². The average Bonchev–Trinajstić information content (AvgIpc) is 2.75.